The topological polar surface area (TPSA) is 66.9 Å². The number of aromatic nitrogens is 1. The fourth-order valence-corrected chi connectivity index (χ4v) is 3.34. The van der Waals surface area contributed by atoms with Gasteiger partial charge in [0.15, 0.2) is 0 Å². The van der Waals surface area contributed by atoms with Crippen molar-refractivity contribution < 1.29 is 14.3 Å². The van der Waals surface area contributed by atoms with Crippen LogP contribution in [0.15, 0.2) is 36.5 Å². The largest absolute Gasteiger partial charge is 0.497 e. The molecule has 0 radical (unpaired) electrons. The summed E-state index contributed by atoms with van der Waals surface area (Å²) in [6.45, 7) is 1.82. The lowest BCUT2D eigenvalue weighted by Gasteiger charge is -2.33. The molecule has 0 bridgehead atoms. The van der Waals surface area contributed by atoms with E-state index in [1.54, 1.807) is 39.4 Å². The van der Waals surface area contributed by atoms with Crippen molar-refractivity contribution in [3.8, 4) is 11.5 Å². The van der Waals surface area contributed by atoms with E-state index in [9.17, 15) is 4.79 Å². The van der Waals surface area contributed by atoms with E-state index in [4.69, 9.17) is 9.47 Å². The summed E-state index contributed by atoms with van der Waals surface area (Å²) in [5.74, 6) is 2.43. The number of amides is 1. The Kier molecular flexibility index (Phi) is 6.23. The van der Waals surface area contributed by atoms with Crippen LogP contribution in [0.2, 0.25) is 0 Å². The fraction of sp³-hybridized carbons (Fsp3) is 0.429. The molecule has 0 atom stereocenters. The lowest BCUT2D eigenvalue weighted by Crippen LogP contribution is -2.39. The van der Waals surface area contributed by atoms with Crippen LogP contribution < -0.4 is 19.7 Å². The van der Waals surface area contributed by atoms with E-state index >= 15 is 0 Å². The van der Waals surface area contributed by atoms with Crippen LogP contribution in [0, 0.1) is 0 Å². The van der Waals surface area contributed by atoms with Gasteiger partial charge in [0.25, 0.3) is 5.91 Å². The van der Waals surface area contributed by atoms with Crippen molar-refractivity contribution in [2.45, 2.75) is 18.9 Å². The SMILES string of the molecule is COc1cc(NC2CCN(c3ccc(C(=O)N(C)C)cn3)CC2)cc(OC)c1. The first-order valence-electron chi connectivity index (χ1n) is 9.42. The van der Waals surface area contributed by atoms with Crippen molar-refractivity contribution in [3.63, 3.8) is 0 Å². The molecule has 28 heavy (non-hydrogen) atoms. The van der Waals surface area contributed by atoms with Gasteiger partial charge in [0.1, 0.15) is 17.3 Å². The Morgan fingerprint density at radius 3 is 2.25 bits per heavy atom. The van der Waals surface area contributed by atoms with Gasteiger partial charge in [-0.3, -0.25) is 4.79 Å². The maximum absolute atomic E-state index is 12.0. The number of piperidine rings is 1. The number of anilines is 2. The summed E-state index contributed by atoms with van der Waals surface area (Å²) < 4.78 is 10.7. The fourth-order valence-electron chi connectivity index (χ4n) is 3.34. The van der Waals surface area contributed by atoms with E-state index in [-0.39, 0.29) is 5.91 Å². The smallest absolute Gasteiger partial charge is 0.254 e. The van der Waals surface area contributed by atoms with Gasteiger partial charge in [0, 0.05) is 63.3 Å². The standard InChI is InChI=1S/C21H28N4O3/c1-24(2)21(26)15-5-6-20(22-14-15)25-9-7-16(8-10-25)23-17-11-18(27-3)13-19(12-17)28-4/h5-6,11-14,16,23H,7-10H2,1-4H3. The number of rotatable bonds is 6. The third-order valence-electron chi connectivity index (χ3n) is 4.94. The first kappa shape index (κ1) is 19.8. The van der Waals surface area contributed by atoms with Gasteiger partial charge in [-0.2, -0.15) is 0 Å². The van der Waals surface area contributed by atoms with E-state index in [1.807, 2.05) is 30.3 Å². The number of nitrogens with zero attached hydrogens (tertiary/aromatic N) is 3. The number of carbonyl (C=O) groups is 1. The van der Waals surface area contributed by atoms with Gasteiger partial charge in [-0.1, -0.05) is 0 Å². The van der Waals surface area contributed by atoms with Crippen LogP contribution in [0.3, 0.4) is 0 Å². The van der Waals surface area contributed by atoms with Crippen molar-refractivity contribution in [1.29, 1.82) is 0 Å². The van der Waals surface area contributed by atoms with E-state index in [0.29, 0.717) is 11.6 Å². The van der Waals surface area contributed by atoms with Crippen LogP contribution in [0.25, 0.3) is 0 Å². The monoisotopic (exact) mass is 384 g/mol. The molecule has 1 fully saturated rings. The number of carbonyl (C=O) groups excluding carboxylic acids is 1. The van der Waals surface area contributed by atoms with Gasteiger partial charge < -0.3 is 24.6 Å². The maximum atomic E-state index is 12.0. The average molecular weight is 384 g/mol. The second-order valence-corrected chi connectivity index (χ2v) is 7.11. The number of benzene rings is 1. The van der Waals surface area contributed by atoms with Crippen LogP contribution in [0.5, 0.6) is 11.5 Å². The van der Waals surface area contributed by atoms with Crippen LogP contribution in [-0.2, 0) is 0 Å². The highest BCUT2D eigenvalue weighted by atomic mass is 16.5. The Hall–Kier alpha value is -2.96. The van der Waals surface area contributed by atoms with Crippen molar-refractivity contribution in [2.75, 3.05) is 51.6 Å². The van der Waals surface area contributed by atoms with Gasteiger partial charge in [-0.05, 0) is 25.0 Å². The average Bonchev–Trinajstić information content (AvgIpc) is 2.73. The van der Waals surface area contributed by atoms with Gasteiger partial charge in [0.2, 0.25) is 0 Å². The summed E-state index contributed by atoms with van der Waals surface area (Å²) in [6, 6.07) is 9.98. The summed E-state index contributed by atoms with van der Waals surface area (Å²) in [4.78, 5) is 20.3. The Morgan fingerprint density at radius 2 is 1.75 bits per heavy atom. The maximum Gasteiger partial charge on any atom is 0.254 e. The Morgan fingerprint density at radius 1 is 1.11 bits per heavy atom. The minimum absolute atomic E-state index is 0.0318. The highest BCUT2D eigenvalue weighted by molar-refractivity contribution is 5.93. The van der Waals surface area contributed by atoms with Crippen molar-refractivity contribution >= 4 is 17.4 Å². The first-order valence-corrected chi connectivity index (χ1v) is 9.42. The molecule has 7 nitrogen and oxygen atoms in total. The number of hydrogen-bond acceptors (Lipinski definition) is 6. The zero-order valence-corrected chi connectivity index (χ0v) is 16.9. The normalized spacial score (nSPS) is 14.5. The van der Waals surface area contributed by atoms with E-state index in [1.165, 1.54) is 0 Å². The van der Waals surface area contributed by atoms with Crippen molar-refractivity contribution in [2.24, 2.45) is 0 Å². The summed E-state index contributed by atoms with van der Waals surface area (Å²) in [5, 5.41) is 3.58. The molecule has 0 spiro atoms. The first-order chi connectivity index (χ1) is 13.5. The Balaban J connectivity index is 1.58. The predicted octanol–water partition coefficient (Wildman–Crippen LogP) is 2.88. The molecule has 2 heterocycles. The molecule has 3 rings (SSSR count). The van der Waals surface area contributed by atoms with Crippen LogP contribution >= 0.6 is 0 Å². The van der Waals surface area contributed by atoms with E-state index in [0.717, 1.165) is 48.9 Å². The number of nitrogens with one attached hydrogen (secondary N) is 1. The molecular formula is C21H28N4O3. The third-order valence-corrected chi connectivity index (χ3v) is 4.94. The van der Waals surface area contributed by atoms with Gasteiger partial charge in [-0.25, -0.2) is 4.98 Å². The highest BCUT2D eigenvalue weighted by Crippen LogP contribution is 2.28. The molecule has 2 aromatic rings. The molecule has 0 saturated carbocycles. The highest BCUT2D eigenvalue weighted by Gasteiger charge is 2.21. The molecule has 1 aromatic carbocycles. The van der Waals surface area contributed by atoms with Gasteiger partial charge in [-0.15, -0.1) is 0 Å². The quantitative estimate of drug-likeness (QED) is 0.826. The van der Waals surface area contributed by atoms with Crippen molar-refractivity contribution in [1.82, 2.24) is 9.88 Å². The Bertz CT molecular complexity index is 778. The molecule has 1 amide bonds. The molecule has 7 heteroatoms. The molecule has 150 valence electrons. The molecule has 1 aromatic heterocycles. The zero-order valence-electron chi connectivity index (χ0n) is 16.9. The molecule has 1 aliphatic heterocycles. The second kappa shape index (κ2) is 8.82. The van der Waals surface area contributed by atoms with Crippen LogP contribution in [0.4, 0.5) is 11.5 Å². The van der Waals surface area contributed by atoms with Gasteiger partial charge >= 0.3 is 0 Å². The zero-order chi connectivity index (χ0) is 20.1. The number of methoxy groups -OCH3 is 2. The van der Waals surface area contributed by atoms with Crippen LogP contribution in [0.1, 0.15) is 23.2 Å². The molecule has 1 aliphatic rings. The summed E-state index contributed by atoms with van der Waals surface area (Å²) >= 11 is 0. The van der Waals surface area contributed by atoms with E-state index < -0.39 is 0 Å². The minimum Gasteiger partial charge on any atom is -0.497 e. The molecule has 0 unspecified atom stereocenters. The second-order valence-electron chi connectivity index (χ2n) is 7.11. The molecule has 0 aliphatic carbocycles. The third kappa shape index (κ3) is 4.65. The Labute approximate surface area is 166 Å². The molecule has 1 N–H and O–H groups in total. The lowest BCUT2D eigenvalue weighted by atomic mass is 10.0. The summed E-state index contributed by atoms with van der Waals surface area (Å²) in [7, 11) is 6.79. The van der Waals surface area contributed by atoms with Crippen molar-refractivity contribution in [3.05, 3.63) is 42.1 Å². The van der Waals surface area contributed by atoms with Gasteiger partial charge in [0.05, 0.1) is 19.8 Å². The van der Waals surface area contributed by atoms with Crippen LogP contribution in [-0.4, -0.2) is 63.2 Å². The summed E-state index contributed by atoms with van der Waals surface area (Å²) in [6.07, 6.45) is 3.66. The molecular weight excluding hydrogens is 356 g/mol. The predicted molar refractivity (Wildman–Crippen MR) is 111 cm³/mol. The summed E-state index contributed by atoms with van der Waals surface area (Å²) in [5.41, 5.74) is 1.61. The lowest BCUT2D eigenvalue weighted by molar-refractivity contribution is 0.0827. The number of hydrogen-bond donors (Lipinski definition) is 1. The minimum atomic E-state index is -0.0318. The number of ether oxygens (including phenoxy) is 2. The molecule has 1 saturated heterocycles. The number of pyridine rings is 1. The van der Waals surface area contributed by atoms with E-state index in [2.05, 4.69) is 15.2 Å².